The number of carbonyl (C=O) groups is 1. The van der Waals surface area contributed by atoms with Gasteiger partial charge in [-0.25, -0.2) is 0 Å². The minimum Gasteiger partial charge on any atom is -0.478 e. The smallest absolute Gasteiger partial charge is 0.271 e. The summed E-state index contributed by atoms with van der Waals surface area (Å²) in [5, 5.41) is 11.0. The van der Waals surface area contributed by atoms with Gasteiger partial charge in [-0.2, -0.15) is 0 Å². The molecule has 7 heteroatoms. The van der Waals surface area contributed by atoms with Crippen LogP contribution in [-0.2, 0) is 4.79 Å². The van der Waals surface area contributed by atoms with Gasteiger partial charge in [0.05, 0.1) is 10.6 Å². The molecule has 1 heterocycles. The molecule has 23 heavy (non-hydrogen) atoms. The predicted molar refractivity (Wildman–Crippen MR) is 87.9 cm³/mol. The normalized spacial score (nSPS) is 17.4. The number of amides is 1. The molecule has 1 amide bonds. The number of hydrogen-bond donors (Lipinski definition) is 0. The third kappa shape index (κ3) is 3.79. The largest absolute Gasteiger partial charge is 0.478 e. The Morgan fingerprint density at radius 1 is 1.39 bits per heavy atom. The molecule has 1 aliphatic heterocycles. The molecule has 1 aliphatic rings. The lowest BCUT2D eigenvalue weighted by Crippen LogP contribution is -2.49. The van der Waals surface area contributed by atoms with Crippen molar-refractivity contribution < 1.29 is 14.5 Å². The van der Waals surface area contributed by atoms with Gasteiger partial charge in [0, 0.05) is 18.7 Å². The highest BCUT2D eigenvalue weighted by Gasteiger charge is 2.36. The van der Waals surface area contributed by atoms with Gasteiger partial charge in [-0.1, -0.05) is 13.8 Å². The predicted octanol–water partition coefficient (Wildman–Crippen LogP) is 2.30. The van der Waals surface area contributed by atoms with E-state index in [0.29, 0.717) is 18.0 Å². The molecule has 1 aromatic carbocycles. The second kappa shape index (κ2) is 6.95. The number of non-ortho nitro benzene ring substituents is 1. The SMILES string of the molecule is CC(C)C1Oc2ccc([N+](=O)[O-])cc2N(CCCN(C)C)C1=O. The van der Waals surface area contributed by atoms with Crippen LogP contribution in [0.3, 0.4) is 0 Å². The Kier molecular flexibility index (Phi) is 5.20. The number of ether oxygens (including phenoxy) is 1. The molecular formula is C16H23N3O4. The second-order valence-corrected chi connectivity index (χ2v) is 6.34. The van der Waals surface area contributed by atoms with E-state index in [9.17, 15) is 14.9 Å². The topological polar surface area (TPSA) is 75.9 Å². The summed E-state index contributed by atoms with van der Waals surface area (Å²) in [4.78, 5) is 26.9. The molecule has 0 aliphatic carbocycles. The van der Waals surface area contributed by atoms with Crippen LogP contribution in [-0.4, -0.2) is 49.0 Å². The van der Waals surface area contributed by atoms with Crippen LogP contribution in [0, 0.1) is 16.0 Å². The lowest BCUT2D eigenvalue weighted by atomic mass is 10.0. The van der Waals surface area contributed by atoms with Crippen LogP contribution in [0.5, 0.6) is 5.75 Å². The van der Waals surface area contributed by atoms with Gasteiger partial charge in [0.2, 0.25) is 0 Å². The van der Waals surface area contributed by atoms with Crippen molar-refractivity contribution in [1.82, 2.24) is 4.90 Å². The Bertz CT molecular complexity index is 601. The van der Waals surface area contributed by atoms with E-state index in [1.54, 1.807) is 11.0 Å². The van der Waals surface area contributed by atoms with Crippen molar-refractivity contribution in [1.29, 1.82) is 0 Å². The second-order valence-electron chi connectivity index (χ2n) is 6.34. The first-order chi connectivity index (χ1) is 10.8. The zero-order valence-electron chi connectivity index (χ0n) is 14.0. The van der Waals surface area contributed by atoms with Crippen LogP contribution in [0.15, 0.2) is 18.2 Å². The van der Waals surface area contributed by atoms with Crippen molar-refractivity contribution in [3.63, 3.8) is 0 Å². The number of nitro benzene ring substituents is 1. The zero-order valence-corrected chi connectivity index (χ0v) is 14.0. The summed E-state index contributed by atoms with van der Waals surface area (Å²) in [5.41, 5.74) is 0.445. The van der Waals surface area contributed by atoms with Crippen molar-refractivity contribution in [3.8, 4) is 5.75 Å². The van der Waals surface area contributed by atoms with Gasteiger partial charge in [0.1, 0.15) is 5.75 Å². The summed E-state index contributed by atoms with van der Waals surface area (Å²) in [7, 11) is 3.94. The number of nitrogens with zero attached hydrogens (tertiary/aromatic N) is 3. The molecule has 0 spiro atoms. The van der Waals surface area contributed by atoms with E-state index in [0.717, 1.165) is 13.0 Å². The van der Waals surface area contributed by atoms with Gasteiger partial charge < -0.3 is 14.5 Å². The fourth-order valence-electron chi connectivity index (χ4n) is 2.59. The maximum absolute atomic E-state index is 12.7. The lowest BCUT2D eigenvalue weighted by Gasteiger charge is -2.36. The highest BCUT2D eigenvalue weighted by atomic mass is 16.6. The number of carbonyl (C=O) groups excluding carboxylic acids is 1. The van der Waals surface area contributed by atoms with Crippen LogP contribution < -0.4 is 9.64 Å². The molecule has 126 valence electrons. The third-order valence-electron chi connectivity index (χ3n) is 3.80. The molecule has 0 saturated carbocycles. The minimum atomic E-state index is -0.552. The number of anilines is 1. The molecule has 0 fully saturated rings. The van der Waals surface area contributed by atoms with E-state index < -0.39 is 11.0 Å². The van der Waals surface area contributed by atoms with Crippen LogP contribution in [0.4, 0.5) is 11.4 Å². The van der Waals surface area contributed by atoms with Gasteiger partial charge in [0.15, 0.2) is 6.10 Å². The average Bonchev–Trinajstić information content (AvgIpc) is 2.47. The number of hydrogen-bond acceptors (Lipinski definition) is 5. The standard InChI is InChI=1S/C16H23N3O4/c1-11(2)15-16(20)18(9-5-8-17(3)4)13-10-12(19(21)22)6-7-14(13)23-15/h6-7,10-11,15H,5,8-9H2,1-4H3. The van der Waals surface area contributed by atoms with Crippen LogP contribution in [0.25, 0.3) is 0 Å². The third-order valence-corrected chi connectivity index (χ3v) is 3.80. The average molecular weight is 321 g/mol. The minimum absolute atomic E-state index is 0.0298. The lowest BCUT2D eigenvalue weighted by molar-refractivity contribution is -0.384. The summed E-state index contributed by atoms with van der Waals surface area (Å²) in [6.07, 6.45) is 0.231. The molecule has 7 nitrogen and oxygen atoms in total. The Balaban J connectivity index is 2.34. The fraction of sp³-hybridized carbons (Fsp3) is 0.562. The highest BCUT2D eigenvalue weighted by molar-refractivity contribution is 6.00. The molecule has 0 N–H and O–H groups in total. The Hall–Kier alpha value is -2.15. The van der Waals surface area contributed by atoms with E-state index in [2.05, 4.69) is 0 Å². The number of nitro groups is 1. The van der Waals surface area contributed by atoms with Crippen LogP contribution >= 0.6 is 0 Å². The fourth-order valence-corrected chi connectivity index (χ4v) is 2.59. The molecular weight excluding hydrogens is 298 g/mol. The molecule has 2 rings (SSSR count). The Morgan fingerprint density at radius 3 is 2.65 bits per heavy atom. The van der Waals surface area contributed by atoms with Crippen molar-refractivity contribution in [2.75, 3.05) is 32.1 Å². The van der Waals surface area contributed by atoms with Crippen LogP contribution in [0.1, 0.15) is 20.3 Å². The number of fused-ring (bicyclic) bond motifs is 1. The maximum Gasteiger partial charge on any atom is 0.271 e. The van der Waals surface area contributed by atoms with Crippen LogP contribution in [0.2, 0.25) is 0 Å². The van der Waals surface area contributed by atoms with Crippen molar-refractivity contribution in [2.45, 2.75) is 26.4 Å². The van der Waals surface area contributed by atoms with E-state index in [1.165, 1.54) is 12.1 Å². The molecule has 1 aromatic rings. The van der Waals surface area contributed by atoms with Gasteiger partial charge in [-0.15, -0.1) is 0 Å². The summed E-state index contributed by atoms with van der Waals surface area (Å²) in [6, 6.07) is 4.40. The monoisotopic (exact) mass is 321 g/mol. The van der Waals surface area contributed by atoms with Crippen molar-refractivity contribution in [3.05, 3.63) is 28.3 Å². The highest BCUT2D eigenvalue weighted by Crippen LogP contribution is 2.38. The van der Waals surface area contributed by atoms with E-state index in [-0.39, 0.29) is 17.5 Å². The van der Waals surface area contributed by atoms with E-state index >= 15 is 0 Å². The van der Waals surface area contributed by atoms with Gasteiger partial charge in [0.25, 0.3) is 11.6 Å². The first kappa shape index (κ1) is 17.2. The summed E-state index contributed by atoms with van der Waals surface area (Å²) >= 11 is 0. The van der Waals surface area contributed by atoms with Gasteiger partial charge >= 0.3 is 0 Å². The number of rotatable bonds is 6. The summed E-state index contributed by atoms with van der Waals surface area (Å²) in [5.74, 6) is 0.424. The quantitative estimate of drug-likeness (QED) is 0.593. The Labute approximate surface area is 136 Å². The van der Waals surface area contributed by atoms with E-state index in [4.69, 9.17) is 4.74 Å². The molecule has 1 atom stereocenters. The first-order valence-electron chi connectivity index (χ1n) is 7.72. The van der Waals surface area contributed by atoms with Gasteiger partial charge in [-0.3, -0.25) is 14.9 Å². The van der Waals surface area contributed by atoms with Gasteiger partial charge in [-0.05, 0) is 39.0 Å². The van der Waals surface area contributed by atoms with Crippen molar-refractivity contribution in [2.24, 2.45) is 5.92 Å². The first-order valence-corrected chi connectivity index (χ1v) is 7.72. The molecule has 1 unspecified atom stereocenters. The molecule has 0 saturated heterocycles. The summed E-state index contributed by atoms with van der Waals surface area (Å²) < 4.78 is 5.77. The Morgan fingerprint density at radius 2 is 2.09 bits per heavy atom. The van der Waals surface area contributed by atoms with E-state index in [1.807, 2.05) is 32.8 Å². The van der Waals surface area contributed by atoms with Crippen molar-refractivity contribution >= 4 is 17.3 Å². The maximum atomic E-state index is 12.7. The molecule has 0 aromatic heterocycles. The number of benzene rings is 1. The summed E-state index contributed by atoms with van der Waals surface area (Å²) in [6.45, 7) is 5.20. The molecule has 0 radical (unpaired) electrons. The molecule has 0 bridgehead atoms. The zero-order chi connectivity index (χ0) is 17.1.